The molecule has 0 heterocycles. The van der Waals surface area contributed by atoms with Crippen LogP contribution in [0.2, 0.25) is 0 Å². The van der Waals surface area contributed by atoms with Gasteiger partial charge in [-0.3, -0.25) is 4.79 Å². The molecule has 0 saturated heterocycles. The Morgan fingerprint density at radius 3 is 3.00 bits per heavy atom. The highest BCUT2D eigenvalue weighted by molar-refractivity contribution is 5.77. The number of fused-ring (bicyclic) bond motifs is 1. The lowest BCUT2D eigenvalue weighted by Gasteiger charge is -2.37. The first-order valence-electron chi connectivity index (χ1n) is 4.76. The van der Waals surface area contributed by atoms with Gasteiger partial charge < -0.3 is 5.73 Å². The summed E-state index contributed by atoms with van der Waals surface area (Å²) in [6, 6.07) is 0. The second kappa shape index (κ2) is 2.92. The minimum atomic E-state index is -0.165. The Bertz CT molecular complexity index is 242. The van der Waals surface area contributed by atoms with Gasteiger partial charge in [0.2, 0.25) is 5.91 Å². The van der Waals surface area contributed by atoms with Crippen molar-refractivity contribution in [2.24, 2.45) is 11.7 Å². The van der Waals surface area contributed by atoms with Crippen molar-refractivity contribution >= 4 is 5.91 Å². The normalized spacial score (nSPS) is 27.8. The highest BCUT2D eigenvalue weighted by atomic mass is 16.1. The molecule has 1 fully saturated rings. The van der Waals surface area contributed by atoms with Gasteiger partial charge in [0.15, 0.2) is 0 Å². The van der Waals surface area contributed by atoms with Crippen LogP contribution in [0.15, 0.2) is 11.1 Å². The highest BCUT2D eigenvalue weighted by Gasteiger charge is 2.31. The fourth-order valence-corrected chi connectivity index (χ4v) is 2.47. The van der Waals surface area contributed by atoms with E-state index < -0.39 is 0 Å². The van der Waals surface area contributed by atoms with Crippen molar-refractivity contribution in [1.82, 2.24) is 0 Å². The molecule has 0 aromatic carbocycles. The quantitative estimate of drug-likeness (QED) is 0.622. The zero-order valence-electron chi connectivity index (χ0n) is 7.31. The van der Waals surface area contributed by atoms with Gasteiger partial charge in [-0.05, 0) is 31.6 Å². The Morgan fingerprint density at radius 1 is 1.50 bits per heavy atom. The van der Waals surface area contributed by atoms with Crippen LogP contribution in [0.5, 0.6) is 0 Å². The van der Waals surface area contributed by atoms with Gasteiger partial charge in [-0.25, -0.2) is 0 Å². The van der Waals surface area contributed by atoms with E-state index >= 15 is 0 Å². The molecule has 0 aliphatic heterocycles. The van der Waals surface area contributed by atoms with Crippen molar-refractivity contribution in [3.63, 3.8) is 0 Å². The van der Waals surface area contributed by atoms with Crippen molar-refractivity contribution in [2.75, 3.05) is 0 Å². The van der Waals surface area contributed by atoms with E-state index in [4.69, 9.17) is 5.73 Å². The molecule has 1 saturated carbocycles. The van der Waals surface area contributed by atoms with Crippen LogP contribution in [0.25, 0.3) is 0 Å². The summed E-state index contributed by atoms with van der Waals surface area (Å²) in [4.78, 5) is 10.7. The van der Waals surface area contributed by atoms with E-state index in [-0.39, 0.29) is 5.91 Å². The standard InChI is InChI=1S/C10H15NO/c11-10(12)6-8-5-7-3-1-2-4-9(7)8/h7H,1-6H2,(H2,11,12). The van der Waals surface area contributed by atoms with E-state index in [2.05, 4.69) is 0 Å². The number of carbonyl (C=O) groups is 1. The van der Waals surface area contributed by atoms with Crippen LogP contribution in [-0.4, -0.2) is 5.91 Å². The second-order valence-electron chi connectivity index (χ2n) is 3.92. The van der Waals surface area contributed by atoms with E-state index in [1.54, 1.807) is 5.57 Å². The molecule has 0 radical (unpaired) electrons. The minimum absolute atomic E-state index is 0.165. The zero-order chi connectivity index (χ0) is 8.55. The Labute approximate surface area is 72.8 Å². The van der Waals surface area contributed by atoms with Gasteiger partial charge in [0.25, 0.3) is 0 Å². The maximum absolute atomic E-state index is 10.7. The number of primary amides is 1. The topological polar surface area (TPSA) is 43.1 Å². The third-order valence-electron chi connectivity index (χ3n) is 3.08. The maximum atomic E-state index is 10.7. The number of amides is 1. The van der Waals surface area contributed by atoms with Crippen LogP contribution < -0.4 is 5.73 Å². The van der Waals surface area contributed by atoms with Crippen molar-refractivity contribution < 1.29 is 4.79 Å². The lowest BCUT2D eigenvalue weighted by molar-refractivity contribution is -0.117. The molecule has 0 spiro atoms. The van der Waals surface area contributed by atoms with Gasteiger partial charge in [-0.15, -0.1) is 0 Å². The Kier molecular flexibility index (Phi) is 1.91. The minimum Gasteiger partial charge on any atom is -0.369 e. The molecule has 2 N–H and O–H groups in total. The number of hydrogen-bond acceptors (Lipinski definition) is 1. The fourth-order valence-electron chi connectivity index (χ4n) is 2.47. The molecule has 2 aliphatic rings. The van der Waals surface area contributed by atoms with E-state index in [0.717, 1.165) is 12.3 Å². The van der Waals surface area contributed by atoms with Gasteiger partial charge in [-0.1, -0.05) is 17.6 Å². The lowest BCUT2D eigenvalue weighted by atomic mass is 9.68. The average Bonchev–Trinajstić information content (AvgIpc) is 2.00. The summed E-state index contributed by atoms with van der Waals surface area (Å²) in [6.07, 6.45) is 6.93. The molecule has 0 bridgehead atoms. The SMILES string of the molecule is NC(=O)CC1=C2CCCCC2C1. The van der Waals surface area contributed by atoms with Crippen molar-refractivity contribution in [1.29, 1.82) is 0 Å². The van der Waals surface area contributed by atoms with Crippen LogP contribution in [0, 0.1) is 5.92 Å². The highest BCUT2D eigenvalue weighted by Crippen LogP contribution is 2.45. The van der Waals surface area contributed by atoms with Gasteiger partial charge in [-0.2, -0.15) is 0 Å². The predicted molar refractivity (Wildman–Crippen MR) is 47.4 cm³/mol. The molecule has 1 unspecified atom stereocenters. The van der Waals surface area contributed by atoms with Gasteiger partial charge in [0, 0.05) is 6.42 Å². The molecule has 2 rings (SSSR count). The predicted octanol–water partition coefficient (Wildman–Crippen LogP) is 1.75. The van der Waals surface area contributed by atoms with Crippen LogP contribution in [0.3, 0.4) is 0 Å². The third kappa shape index (κ3) is 1.26. The molecule has 0 aromatic heterocycles. The van der Waals surface area contributed by atoms with E-state index in [1.165, 1.54) is 31.3 Å². The summed E-state index contributed by atoms with van der Waals surface area (Å²) in [6.45, 7) is 0. The summed E-state index contributed by atoms with van der Waals surface area (Å²) in [5, 5.41) is 0. The van der Waals surface area contributed by atoms with Gasteiger partial charge in [0.05, 0.1) is 0 Å². The second-order valence-corrected chi connectivity index (χ2v) is 3.92. The van der Waals surface area contributed by atoms with Gasteiger partial charge >= 0.3 is 0 Å². The van der Waals surface area contributed by atoms with Crippen LogP contribution in [-0.2, 0) is 4.79 Å². The third-order valence-corrected chi connectivity index (χ3v) is 3.08. The van der Waals surface area contributed by atoms with Crippen LogP contribution in [0.1, 0.15) is 38.5 Å². The molecule has 2 aliphatic carbocycles. The number of rotatable bonds is 2. The monoisotopic (exact) mass is 165 g/mol. The lowest BCUT2D eigenvalue weighted by Crippen LogP contribution is -2.25. The smallest absolute Gasteiger partial charge is 0.221 e. The first-order chi connectivity index (χ1) is 5.77. The molecular formula is C10H15NO. The Hall–Kier alpha value is -0.790. The Morgan fingerprint density at radius 2 is 2.33 bits per heavy atom. The van der Waals surface area contributed by atoms with Crippen molar-refractivity contribution in [3.8, 4) is 0 Å². The van der Waals surface area contributed by atoms with Crippen LogP contribution >= 0.6 is 0 Å². The summed E-state index contributed by atoms with van der Waals surface area (Å²) < 4.78 is 0. The molecule has 2 heteroatoms. The summed E-state index contributed by atoms with van der Waals surface area (Å²) >= 11 is 0. The van der Waals surface area contributed by atoms with E-state index in [1.807, 2.05) is 0 Å². The maximum Gasteiger partial charge on any atom is 0.221 e. The van der Waals surface area contributed by atoms with Crippen LogP contribution in [0.4, 0.5) is 0 Å². The molecule has 2 nitrogen and oxygen atoms in total. The van der Waals surface area contributed by atoms with E-state index in [0.29, 0.717) is 6.42 Å². The summed E-state index contributed by atoms with van der Waals surface area (Å²) in [5.74, 6) is 0.662. The van der Waals surface area contributed by atoms with E-state index in [9.17, 15) is 4.79 Å². The summed E-state index contributed by atoms with van der Waals surface area (Å²) in [7, 11) is 0. The first-order valence-corrected chi connectivity index (χ1v) is 4.76. The van der Waals surface area contributed by atoms with Gasteiger partial charge in [0.1, 0.15) is 0 Å². The summed E-state index contributed by atoms with van der Waals surface area (Å²) in [5.41, 5.74) is 8.07. The first kappa shape index (κ1) is 7.84. The number of nitrogens with two attached hydrogens (primary N) is 1. The largest absolute Gasteiger partial charge is 0.369 e. The molecule has 1 amide bonds. The molecule has 12 heavy (non-hydrogen) atoms. The molecule has 66 valence electrons. The average molecular weight is 165 g/mol. The molecule has 1 atom stereocenters. The molecule has 0 aromatic rings. The molecular weight excluding hydrogens is 150 g/mol. The number of hydrogen-bond donors (Lipinski definition) is 1. The van der Waals surface area contributed by atoms with Crippen molar-refractivity contribution in [2.45, 2.75) is 38.5 Å². The fraction of sp³-hybridized carbons (Fsp3) is 0.700. The number of allylic oxidation sites excluding steroid dienone is 1. The Balaban J connectivity index is 2.03. The zero-order valence-corrected chi connectivity index (χ0v) is 7.31. The number of carbonyl (C=O) groups excluding carboxylic acids is 1. The van der Waals surface area contributed by atoms with Crippen molar-refractivity contribution in [3.05, 3.63) is 11.1 Å².